The zero-order chi connectivity index (χ0) is 13.0. The molecule has 0 bridgehead atoms. The maximum absolute atomic E-state index is 5.68. The highest BCUT2D eigenvalue weighted by Gasteiger charge is 2.12. The molecule has 0 amide bonds. The van der Waals surface area contributed by atoms with Crippen LogP contribution in [0.5, 0.6) is 0 Å². The Bertz CT molecular complexity index is 518. The minimum absolute atomic E-state index is 0.629. The van der Waals surface area contributed by atoms with Crippen LogP contribution in [0, 0.1) is 6.92 Å². The molecule has 0 saturated heterocycles. The SMILES string of the molecule is CCCN(CCN)c1nnc(C)c2ccccc12. The number of aryl methyl sites for hydroxylation is 1. The smallest absolute Gasteiger partial charge is 0.159 e. The summed E-state index contributed by atoms with van der Waals surface area (Å²) in [5.41, 5.74) is 6.65. The zero-order valence-corrected chi connectivity index (χ0v) is 11.1. The molecule has 4 nitrogen and oxygen atoms in total. The van der Waals surface area contributed by atoms with Gasteiger partial charge in [0.05, 0.1) is 5.69 Å². The van der Waals surface area contributed by atoms with Crippen LogP contribution in [0.25, 0.3) is 10.8 Å². The van der Waals surface area contributed by atoms with E-state index in [1.54, 1.807) is 0 Å². The van der Waals surface area contributed by atoms with Gasteiger partial charge in [-0.3, -0.25) is 0 Å². The number of nitrogens with zero attached hydrogens (tertiary/aromatic N) is 3. The molecule has 0 atom stereocenters. The molecule has 0 aliphatic heterocycles. The summed E-state index contributed by atoms with van der Waals surface area (Å²) in [6.45, 7) is 6.55. The predicted molar refractivity (Wildman–Crippen MR) is 75.8 cm³/mol. The van der Waals surface area contributed by atoms with Gasteiger partial charge in [0.1, 0.15) is 0 Å². The largest absolute Gasteiger partial charge is 0.353 e. The molecule has 96 valence electrons. The Kier molecular flexibility index (Phi) is 4.10. The zero-order valence-electron chi connectivity index (χ0n) is 11.1. The highest BCUT2D eigenvalue weighted by Crippen LogP contribution is 2.25. The molecule has 0 fully saturated rings. The lowest BCUT2D eigenvalue weighted by Crippen LogP contribution is -2.31. The second kappa shape index (κ2) is 5.78. The Morgan fingerprint density at radius 2 is 1.83 bits per heavy atom. The summed E-state index contributed by atoms with van der Waals surface area (Å²) in [5, 5.41) is 11.0. The van der Waals surface area contributed by atoms with Gasteiger partial charge >= 0.3 is 0 Å². The molecule has 2 N–H and O–H groups in total. The van der Waals surface area contributed by atoms with Crippen molar-refractivity contribution >= 4 is 16.6 Å². The van der Waals surface area contributed by atoms with E-state index < -0.39 is 0 Å². The standard InChI is InChI=1S/C14H20N4/c1-3-9-18(10-8-15)14-13-7-5-4-6-12(13)11(2)16-17-14/h4-7H,3,8-10,15H2,1-2H3. The lowest BCUT2D eigenvalue weighted by atomic mass is 10.1. The topological polar surface area (TPSA) is 55.0 Å². The summed E-state index contributed by atoms with van der Waals surface area (Å²) >= 11 is 0. The van der Waals surface area contributed by atoms with Crippen molar-refractivity contribution in [2.45, 2.75) is 20.3 Å². The van der Waals surface area contributed by atoms with Crippen molar-refractivity contribution in [3.8, 4) is 0 Å². The normalized spacial score (nSPS) is 10.8. The average molecular weight is 244 g/mol. The van der Waals surface area contributed by atoms with Crippen molar-refractivity contribution in [2.24, 2.45) is 5.73 Å². The van der Waals surface area contributed by atoms with Crippen LogP contribution >= 0.6 is 0 Å². The molecule has 0 radical (unpaired) electrons. The highest BCUT2D eigenvalue weighted by molar-refractivity contribution is 5.93. The third-order valence-corrected chi connectivity index (χ3v) is 3.04. The fourth-order valence-electron chi connectivity index (χ4n) is 2.21. The lowest BCUT2D eigenvalue weighted by molar-refractivity contribution is 0.744. The van der Waals surface area contributed by atoms with E-state index in [0.29, 0.717) is 6.54 Å². The number of aromatic nitrogens is 2. The third-order valence-electron chi connectivity index (χ3n) is 3.04. The third kappa shape index (κ3) is 2.43. The van der Waals surface area contributed by atoms with Gasteiger partial charge in [0.2, 0.25) is 0 Å². The van der Waals surface area contributed by atoms with Crippen molar-refractivity contribution in [3.05, 3.63) is 30.0 Å². The molecule has 2 aromatic rings. The van der Waals surface area contributed by atoms with Crippen LogP contribution < -0.4 is 10.6 Å². The first-order valence-electron chi connectivity index (χ1n) is 6.45. The Balaban J connectivity index is 2.52. The molecule has 1 aromatic carbocycles. The summed E-state index contributed by atoms with van der Waals surface area (Å²) in [5.74, 6) is 0.948. The van der Waals surface area contributed by atoms with E-state index in [9.17, 15) is 0 Å². The fourth-order valence-corrected chi connectivity index (χ4v) is 2.21. The average Bonchev–Trinajstić information content (AvgIpc) is 2.39. The summed E-state index contributed by atoms with van der Waals surface area (Å²) in [7, 11) is 0. The van der Waals surface area contributed by atoms with E-state index in [1.807, 2.05) is 19.1 Å². The van der Waals surface area contributed by atoms with Crippen molar-refractivity contribution in [3.63, 3.8) is 0 Å². The molecule has 2 rings (SSSR count). The van der Waals surface area contributed by atoms with Crippen LogP contribution in [0.3, 0.4) is 0 Å². The molecular formula is C14H20N4. The number of anilines is 1. The predicted octanol–water partition coefficient (Wildman–Crippen LogP) is 2.11. The van der Waals surface area contributed by atoms with E-state index >= 15 is 0 Å². The van der Waals surface area contributed by atoms with E-state index in [0.717, 1.165) is 36.4 Å². The van der Waals surface area contributed by atoms with Gasteiger partial charge < -0.3 is 10.6 Å². The minimum Gasteiger partial charge on any atom is -0.353 e. The maximum Gasteiger partial charge on any atom is 0.159 e. The van der Waals surface area contributed by atoms with Gasteiger partial charge in [0, 0.05) is 30.4 Å². The van der Waals surface area contributed by atoms with Gasteiger partial charge in [0.25, 0.3) is 0 Å². The van der Waals surface area contributed by atoms with Gasteiger partial charge in [0.15, 0.2) is 5.82 Å². The highest BCUT2D eigenvalue weighted by atomic mass is 15.3. The van der Waals surface area contributed by atoms with Crippen molar-refractivity contribution in [1.29, 1.82) is 0 Å². The Labute approximate surface area is 108 Å². The van der Waals surface area contributed by atoms with Crippen LogP contribution in [0.4, 0.5) is 5.82 Å². The van der Waals surface area contributed by atoms with Gasteiger partial charge in [-0.15, -0.1) is 5.10 Å². The molecular weight excluding hydrogens is 224 g/mol. The van der Waals surface area contributed by atoms with Crippen molar-refractivity contribution in [2.75, 3.05) is 24.5 Å². The van der Waals surface area contributed by atoms with Crippen molar-refractivity contribution in [1.82, 2.24) is 10.2 Å². The monoisotopic (exact) mass is 244 g/mol. The molecule has 18 heavy (non-hydrogen) atoms. The summed E-state index contributed by atoms with van der Waals surface area (Å²) in [4.78, 5) is 2.22. The number of rotatable bonds is 5. The first kappa shape index (κ1) is 12.8. The molecule has 0 saturated carbocycles. The molecule has 4 heteroatoms. The first-order chi connectivity index (χ1) is 8.77. The number of fused-ring (bicyclic) bond motifs is 1. The van der Waals surface area contributed by atoms with Gasteiger partial charge in [-0.1, -0.05) is 31.2 Å². The quantitative estimate of drug-likeness (QED) is 0.875. The van der Waals surface area contributed by atoms with Gasteiger partial charge in [-0.05, 0) is 13.3 Å². The van der Waals surface area contributed by atoms with Crippen LogP contribution in [0.2, 0.25) is 0 Å². The minimum atomic E-state index is 0.629. The van der Waals surface area contributed by atoms with E-state index in [4.69, 9.17) is 5.73 Å². The summed E-state index contributed by atoms with van der Waals surface area (Å²) < 4.78 is 0. The Morgan fingerprint density at radius 3 is 2.50 bits per heavy atom. The van der Waals surface area contributed by atoms with E-state index in [-0.39, 0.29) is 0 Å². The summed E-state index contributed by atoms with van der Waals surface area (Å²) in [6.07, 6.45) is 1.07. The Hall–Kier alpha value is -1.68. The number of benzene rings is 1. The van der Waals surface area contributed by atoms with E-state index in [2.05, 4.69) is 34.2 Å². The second-order valence-electron chi connectivity index (χ2n) is 4.43. The van der Waals surface area contributed by atoms with Gasteiger partial charge in [-0.25, -0.2) is 0 Å². The second-order valence-corrected chi connectivity index (χ2v) is 4.43. The number of hydrogen-bond donors (Lipinski definition) is 1. The molecule has 0 spiro atoms. The maximum atomic E-state index is 5.68. The summed E-state index contributed by atoms with van der Waals surface area (Å²) in [6, 6.07) is 8.27. The molecule has 0 unspecified atom stereocenters. The molecule has 0 aliphatic rings. The fraction of sp³-hybridized carbons (Fsp3) is 0.429. The van der Waals surface area contributed by atoms with Gasteiger partial charge in [-0.2, -0.15) is 5.10 Å². The molecule has 1 aromatic heterocycles. The molecule has 0 aliphatic carbocycles. The molecule has 1 heterocycles. The van der Waals surface area contributed by atoms with Crippen LogP contribution in [0.1, 0.15) is 19.0 Å². The number of nitrogens with two attached hydrogens (primary N) is 1. The van der Waals surface area contributed by atoms with Crippen LogP contribution in [-0.4, -0.2) is 29.8 Å². The Morgan fingerprint density at radius 1 is 1.11 bits per heavy atom. The van der Waals surface area contributed by atoms with Crippen LogP contribution in [-0.2, 0) is 0 Å². The van der Waals surface area contributed by atoms with Crippen LogP contribution in [0.15, 0.2) is 24.3 Å². The van der Waals surface area contributed by atoms with E-state index in [1.165, 1.54) is 5.39 Å². The van der Waals surface area contributed by atoms with Crippen molar-refractivity contribution < 1.29 is 0 Å². The lowest BCUT2D eigenvalue weighted by Gasteiger charge is -2.23. The first-order valence-corrected chi connectivity index (χ1v) is 6.45. The number of hydrogen-bond acceptors (Lipinski definition) is 4.